The third-order valence-electron chi connectivity index (χ3n) is 7.48. The van der Waals surface area contributed by atoms with Gasteiger partial charge in [0.25, 0.3) is 0 Å². The lowest BCUT2D eigenvalue weighted by Crippen LogP contribution is -2.57. The van der Waals surface area contributed by atoms with Crippen LogP contribution in [0.1, 0.15) is 63.0 Å². The summed E-state index contributed by atoms with van der Waals surface area (Å²) in [6, 6.07) is 19.7. The highest BCUT2D eigenvalue weighted by molar-refractivity contribution is 5.94. The van der Waals surface area contributed by atoms with Gasteiger partial charge in [0, 0.05) is 12.8 Å². The van der Waals surface area contributed by atoms with E-state index in [0.717, 1.165) is 41.2 Å². The molecule has 0 aliphatic rings. The van der Waals surface area contributed by atoms with Crippen molar-refractivity contribution in [3.63, 3.8) is 0 Å². The second-order valence-electron chi connectivity index (χ2n) is 11.2. The molecule has 0 fully saturated rings. The molecule has 0 aliphatic carbocycles. The molecule has 3 atom stereocenters. The number of rotatable bonds is 20. The van der Waals surface area contributed by atoms with Gasteiger partial charge < -0.3 is 31.5 Å². The van der Waals surface area contributed by atoms with Gasteiger partial charge in [0.2, 0.25) is 17.7 Å². The van der Waals surface area contributed by atoms with Crippen LogP contribution in [0.2, 0.25) is 0 Å². The third-order valence-corrected chi connectivity index (χ3v) is 7.48. The Balaban J connectivity index is 1.78. The zero-order valence-corrected chi connectivity index (χ0v) is 26.0. The molecule has 0 aliphatic heterocycles. The van der Waals surface area contributed by atoms with Crippen molar-refractivity contribution in [3.05, 3.63) is 83.9 Å². The molecule has 242 valence electrons. The molecule has 3 unspecified atom stereocenters. The zero-order chi connectivity index (χ0) is 32.4. The molecule has 10 nitrogen and oxygen atoms in total. The van der Waals surface area contributed by atoms with Gasteiger partial charge in [-0.3, -0.25) is 14.4 Å². The van der Waals surface area contributed by atoms with Crippen LogP contribution in [0.5, 0.6) is 0 Å². The molecule has 0 saturated carbocycles. The number of amides is 3. The number of ether oxygens (including phenoxy) is 1. The number of fused-ring (bicyclic) bond motifs is 1. The molecule has 3 aromatic carbocycles. The highest BCUT2D eigenvalue weighted by Gasteiger charge is 2.30. The Morgan fingerprint density at radius 3 is 2.13 bits per heavy atom. The summed E-state index contributed by atoms with van der Waals surface area (Å²) in [6.07, 6.45) is 4.48. The number of benzene rings is 3. The SMILES string of the molecule is CCCC(NC(=O)C(Cc1ccc2ccccc2c1)NC(=O)C(COCc1ccccc1)NC(=O)CCCCCCN)C(=O)O. The number of nitrogens with two attached hydrogens (primary N) is 1. The van der Waals surface area contributed by atoms with Gasteiger partial charge in [-0.05, 0) is 47.7 Å². The van der Waals surface area contributed by atoms with Crippen LogP contribution >= 0.6 is 0 Å². The average molecular weight is 619 g/mol. The van der Waals surface area contributed by atoms with Crippen LogP contribution in [0.4, 0.5) is 0 Å². The van der Waals surface area contributed by atoms with Gasteiger partial charge in [0.1, 0.15) is 18.1 Å². The molecule has 3 rings (SSSR count). The van der Waals surface area contributed by atoms with Crippen molar-refractivity contribution in [2.45, 2.75) is 83.0 Å². The number of hydrogen-bond acceptors (Lipinski definition) is 6. The lowest BCUT2D eigenvalue weighted by atomic mass is 10.0. The number of carbonyl (C=O) groups excluding carboxylic acids is 3. The minimum atomic E-state index is -1.15. The predicted octanol–water partition coefficient (Wildman–Crippen LogP) is 3.85. The first kappa shape index (κ1) is 35.2. The highest BCUT2D eigenvalue weighted by Crippen LogP contribution is 2.17. The first-order valence-corrected chi connectivity index (χ1v) is 15.7. The summed E-state index contributed by atoms with van der Waals surface area (Å²) in [5.74, 6) is -2.65. The first-order valence-electron chi connectivity index (χ1n) is 15.7. The lowest BCUT2D eigenvalue weighted by molar-refractivity contribution is -0.142. The number of unbranched alkanes of at least 4 members (excludes halogenated alkanes) is 3. The van der Waals surface area contributed by atoms with Crippen LogP contribution in [0.15, 0.2) is 72.8 Å². The lowest BCUT2D eigenvalue weighted by Gasteiger charge is -2.25. The quantitative estimate of drug-likeness (QED) is 0.120. The number of hydrogen-bond donors (Lipinski definition) is 5. The topological polar surface area (TPSA) is 160 Å². The van der Waals surface area contributed by atoms with Gasteiger partial charge in [-0.15, -0.1) is 0 Å². The average Bonchev–Trinajstić information content (AvgIpc) is 3.04. The van der Waals surface area contributed by atoms with Crippen molar-refractivity contribution < 1.29 is 29.0 Å². The van der Waals surface area contributed by atoms with Gasteiger partial charge in [-0.25, -0.2) is 4.79 Å². The van der Waals surface area contributed by atoms with E-state index in [4.69, 9.17) is 10.5 Å². The van der Waals surface area contributed by atoms with Crippen LogP contribution in [0, 0.1) is 0 Å². The number of carboxylic acids is 1. The summed E-state index contributed by atoms with van der Waals surface area (Å²) in [4.78, 5) is 51.8. The van der Waals surface area contributed by atoms with Gasteiger partial charge in [-0.1, -0.05) is 99.0 Å². The van der Waals surface area contributed by atoms with Crippen molar-refractivity contribution in [2.75, 3.05) is 13.2 Å². The van der Waals surface area contributed by atoms with Crippen LogP contribution in [-0.4, -0.2) is 60.1 Å². The molecule has 0 bridgehead atoms. The smallest absolute Gasteiger partial charge is 0.326 e. The molecular formula is C35H46N4O6. The van der Waals surface area contributed by atoms with Crippen molar-refractivity contribution in [1.29, 1.82) is 0 Å². The maximum Gasteiger partial charge on any atom is 0.326 e. The molecule has 10 heteroatoms. The Hall–Kier alpha value is -4.28. The number of aliphatic carboxylic acids is 1. The summed E-state index contributed by atoms with van der Waals surface area (Å²) in [5.41, 5.74) is 7.25. The Morgan fingerprint density at radius 1 is 0.756 bits per heavy atom. The van der Waals surface area contributed by atoms with Crippen molar-refractivity contribution in [3.8, 4) is 0 Å². The van der Waals surface area contributed by atoms with Gasteiger partial charge in [-0.2, -0.15) is 0 Å². The van der Waals surface area contributed by atoms with E-state index in [0.29, 0.717) is 19.4 Å². The molecule has 6 N–H and O–H groups in total. The number of carbonyl (C=O) groups is 4. The molecule has 0 saturated heterocycles. The largest absolute Gasteiger partial charge is 0.480 e. The van der Waals surface area contributed by atoms with Gasteiger partial charge >= 0.3 is 5.97 Å². The molecule has 0 spiro atoms. The van der Waals surface area contributed by atoms with Gasteiger partial charge in [0.05, 0.1) is 13.2 Å². The van der Waals surface area contributed by atoms with E-state index >= 15 is 0 Å². The Morgan fingerprint density at radius 2 is 1.42 bits per heavy atom. The molecule has 0 aromatic heterocycles. The fourth-order valence-electron chi connectivity index (χ4n) is 5.00. The monoisotopic (exact) mass is 618 g/mol. The summed E-state index contributed by atoms with van der Waals surface area (Å²) < 4.78 is 5.83. The van der Waals surface area contributed by atoms with E-state index in [1.165, 1.54) is 0 Å². The Kier molecular flexibility index (Phi) is 15.0. The highest BCUT2D eigenvalue weighted by atomic mass is 16.5. The summed E-state index contributed by atoms with van der Waals surface area (Å²) in [6.45, 7) is 2.56. The van der Waals surface area contributed by atoms with E-state index in [9.17, 15) is 24.3 Å². The Bertz CT molecular complexity index is 1380. The van der Waals surface area contributed by atoms with Gasteiger partial charge in [0.15, 0.2) is 0 Å². The van der Waals surface area contributed by atoms with E-state index in [1.54, 1.807) is 0 Å². The summed E-state index contributed by atoms with van der Waals surface area (Å²) >= 11 is 0. The minimum absolute atomic E-state index is 0.114. The summed E-state index contributed by atoms with van der Waals surface area (Å²) in [5, 5.41) is 19.8. The maximum atomic E-state index is 13.7. The second kappa shape index (κ2) is 19.2. The van der Waals surface area contributed by atoms with Crippen molar-refractivity contribution in [1.82, 2.24) is 16.0 Å². The van der Waals surface area contributed by atoms with Crippen LogP contribution in [0.3, 0.4) is 0 Å². The fourth-order valence-corrected chi connectivity index (χ4v) is 5.00. The maximum absolute atomic E-state index is 13.7. The fraction of sp³-hybridized carbons (Fsp3) is 0.429. The standard InChI is InChI=1S/C35H46N4O6/c1-2-12-29(35(43)44)38-33(41)30(22-26-18-19-27-15-9-10-16-28(27)21-26)39-34(42)31(24-45-23-25-13-6-5-7-14-25)37-32(40)17-8-3-4-11-20-36/h5-7,9-10,13-16,18-19,21,29-31H,2-4,8,11-12,17,20,22-24,36H2,1H3,(H,37,40)(H,38,41)(H,39,42)(H,43,44). The molecule has 3 amide bonds. The predicted molar refractivity (Wildman–Crippen MR) is 174 cm³/mol. The van der Waals surface area contributed by atoms with Crippen LogP contribution in [-0.2, 0) is 36.9 Å². The molecule has 0 radical (unpaired) electrons. The molecule has 3 aromatic rings. The molecule has 45 heavy (non-hydrogen) atoms. The van der Waals surface area contributed by atoms with E-state index in [2.05, 4.69) is 16.0 Å². The number of nitrogens with one attached hydrogen (secondary N) is 3. The zero-order valence-electron chi connectivity index (χ0n) is 26.0. The minimum Gasteiger partial charge on any atom is -0.480 e. The van der Waals surface area contributed by atoms with E-state index < -0.39 is 35.9 Å². The second-order valence-corrected chi connectivity index (χ2v) is 11.2. The molecule has 0 heterocycles. The summed E-state index contributed by atoms with van der Waals surface area (Å²) in [7, 11) is 0. The normalized spacial score (nSPS) is 13.0. The van der Waals surface area contributed by atoms with E-state index in [1.807, 2.05) is 79.7 Å². The third kappa shape index (κ3) is 12.3. The van der Waals surface area contributed by atoms with Crippen molar-refractivity contribution >= 4 is 34.5 Å². The van der Waals surface area contributed by atoms with Crippen LogP contribution in [0.25, 0.3) is 10.8 Å². The first-order chi connectivity index (χ1) is 21.8. The van der Waals surface area contributed by atoms with E-state index in [-0.39, 0.29) is 38.4 Å². The van der Waals surface area contributed by atoms with Crippen LogP contribution < -0.4 is 21.7 Å². The number of carboxylic acid groups (broad SMARTS) is 1. The Labute approximate surface area is 265 Å². The molecular weight excluding hydrogens is 572 g/mol. The van der Waals surface area contributed by atoms with Crippen molar-refractivity contribution in [2.24, 2.45) is 5.73 Å².